The van der Waals surface area contributed by atoms with Crippen LogP contribution < -0.4 is 0 Å². The lowest BCUT2D eigenvalue weighted by Crippen LogP contribution is -2.01. The third kappa shape index (κ3) is 4.20. The molecule has 1 atom stereocenters. The highest BCUT2D eigenvalue weighted by molar-refractivity contribution is 5.30. The van der Waals surface area contributed by atoms with Crippen LogP contribution in [0.15, 0.2) is 54.9 Å². The highest BCUT2D eigenvalue weighted by Gasteiger charge is 2.13. The summed E-state index contributed by atoms with van der Waals surface area (Å²) in [5.74, 6) is 0.515. The van der Waals surface area contributed by atoms with Gasteiger partial charge in [-0.3, -0.25) is 4.98 Å². The summed E-state index contributed by atoms with van der Waals surface area (Å²) in [5, 5.41) is 0. The van der Waals surface area contributed by atoms with E-state index < -0.39 is 0 Å². The van der Waals surface area contributed by atoms with E-state index in [0.29, 0.717) is 5.92 Å². The SMILES string of the molecule is CCCCCCC(c1ccccc1)c1ccncc1. The summed E-state index contributed by atoms with van der Waals surface area (Å²) in [6, 6.07) is 15.1. The number of rotatable bonds is 7. The molecule has 0 bridgehead atoms. The molecule has 1 heterocycles. The van der Waals surface area contributed by atoms with Crippen LogP contribution in [0, 0.1) is 0 Å². The first kappa shape index (κ1) is 13.8. The van der Waals surface area contributed by atoms with Crippen molar-refractivity contribution in [1.29, 1.82) is 0 Å². The summed E-state index contributed by atoms with van der Waals surface area (Å²) < 4.78 is 0. The molecule has 0 radical (unpaired) electrons. The van der Waals surface area contributed by atoms with Crippen LogP contribution in [-0.2, 0) is 0 Å². The zero-order valence-electron chi connectivity index (χ0n) is 11.8. The van der Waals surface area contributed by atoms with E-state index in [4.69, 9.17) is 0 Å². The van der Waals surface area contributed by atoms with Crippen molar-refractivity contribution in [3.05, 3.63) is 66.0 Å². The van der Waals surface area contributed by atoms with Gasteiger partial charge in [0.05, 0.1) is 0 Å². The molecule has 1 nitrogen and oxygen atoms in total. The lowest BCUT2D eigenvalue weighted by atomic mass is 9.87. The molecule has 1 heteroatoms. The second-order valence-corrected chi connectivity index (χ2v) is 5.09. The van der Waals surface area contributed by atoms with Gasteiger partial charge in [0.1, 0.15) is 0 Å². The largest absolute Gasteiger partial charge is 0.265 e. The average molecular weight is 253 g/mol. The second kappa shape index (κ2) is 7.73. The molecule has 0 saturated carbocycles. The van der Waals surface area contributed by atoms with Crippen LogP contribution in [-0.4, -0.2) is 4.98 Å². The Kier molecular flexibility index (Phi) is 5.61. The van der Waals surface area contributed by atoms with Gasteiger partial charge >= 0.3 is 0 Å². The first-order valence-corrected chi connectivity index (χ1v) is 7.36. The standard InChI is InChI=1S/C18H23N/c1-2-3-4-8-11-18(16-9-6-5-7-10-16)17-12-14-19-15-13-17/h5-7,9-10,12-15,18H,2-4,8,11H2,1H3. The maximum atomic E-state index is 4.13. The maximum absolute atomic E-state index is 4.13. The summed E-state index contributed by atoms with van der Waals surface area (Å²) in [4.78, 5) is 4.13. The molecule has 19 heavy (non-hydrogen) atoms. The van der Waals surface area contributed by atoms with Crippen LogP contribution in [0.1, 0.15) is 56.1 Å². The number of hydrogen-bond acceptors (Lipinski definition) is 1. The molecule has 0 aliphatic carbocycles. The van der Waals surface area contributed by atoms with E-state index >= 15 is 0 Å². The monoisotopic (exact) mass is 253 g/mol. The van der Waals surface area contributed by atoms with Crippen molar-refractivity contribution < 1.29 is 0 Å². The fourth-order valence-electron chi connectivity index (χ4n) is 2.58. The molecular weight excluding hydrogens is 230 g/mol. The van der Waals surface area contributed by atoms with Crippen molar-refractivity contribution in [2.75, 3.05) is 0 Å². The van der Waals surface area contributed by atoms with Gasteiger partial charge < -0.3 is 0 Å². The molecular formula is C18H23N. The number of pyridine rings is 1. The summed E-state index contributed by atoms with van der Waals surface area (Å²) in [7, 11) is 0. The predicted molar refractivity (Wildman–Crippen MR) is 81.3 cm³/mol. The summed E-state index contributed by atoms with van der Waals surface area (Å²) in [6.07, 6.45) is 10.3. The zero-order valence-corrected chi connectivity index (χ0v) is 11.8. The van der Waals surface area contributed by atoms with Gasteiger partial charge in [0.2, 0.25) is 0 Å². The molecule has 0 spiro atoms. The minimum absolute atomic E-state index is 0.515. The average Bonchev–Trinajstić information content (AvgIpc) is 2.49. The molecule has 0 saturated heterocycles. The molecule has 2 rings (SSSR count). The minimum atomic E-state index is 0.515. The van der Waals surface area contributed by atoms with E-state index in [1.807, 2.05) is 12.4 Å². The van der Waals surface area contributed by atoms with E-state index in [9.17, 15) is 0 Å². The Bertz CT molecular complexity index is 410. The number of unbranched alkanes of at least 4 members (excludes halogenated alkanes) is 3. The summed E-state index contributed by atoms with van der Waals surface area (Å²) in [5.41, 5.74) is 2.81. The second-order valence-electron chi connectivity index (χ2n) is 5.09. The van der Waals surface area contributed by atoms with Crippen LogP contribution >= 0.6 is 0 Å². The van der Waals surface area contributed by atoms with Crippen LogP contribution in [0.2, 0.25) is 0 Å². The smallest absolute Gasteiger partial charge is 0.0270 e. The topological polar surface area (TPSA) is 12.9 Å². The zero-order chi connectivity index (χ0) is 13.3. The first-order valence-electron chi connectivity index (χ1n) is 7.36. The third-order valence-electron chi connectivity index (χ3n) is 3.66. The molecule has 0 aliphatic rings. The van der Waals surface area contributed by atoms with Crippen molar-refractivity contribution in [3.8, 4) is 0 Å². The van der Waals surface area contributed by atoms with Crippen LogP contribution in [0.4, 0.5) is 0 Å². The maximum Gasteiger partial charge on any atom is 0.0270 e. The molecule has 0 N–H and O–H groups in total. The fraction of sp³-hybridized carbons (Fsp3) is 0.389. The van der Waals surface area contributed by atoms with Gasteiger partial charge in [-0.1, -0.05) is 62.9 Å². The molecule has 1 aromatic carbocycles. The van der Waals surface area contributed by atoms with Gasteiger partial charge in [0, 0.05) is 18.3 Å². The quantitative estimate of drug-likeness (QED) is 0.619. The van der Waals surface area contributed by atoms with Gasteiger partial charge in [0.15, 0.2) is 0 Å². The molecule has 2 aromatic rings. The van der Waals surface area contributed by atoms with Gasteiger partial charge in [-0.25, -0.2) is 0 Å². The Balaban J connectivity index is 2.10. The van der Waals surface area contributed by atoms with E-state index in [-0.39, 0.29) is 0 Å². The number of benzene rings is 1. The highest BCUT2D eigenvalue weighted by atomic mass is 14.6. The minimum Gasteiger partial charge on any atom is -0.265 e. The van der Waals surface area contributed by atoms with Crippen LogP contribution in [0.25, 0.3) is 0 Å². The fourth-order valence-corrected chi connectivity index (χ4v) is 2.58. The van der Waals surface area contributed by atoms with E-state index in [1.54, 1.807) is 0 Å². The van der Waals surface area contributed by atoms with Crippen molar-refractivity contribution in [2.45, 2.75) is 44.9 Å². The van der Waals surface area contributed by atoms with Crippen molar-refractivity contribution in [3.63, 3.8) is 0 Å². The number of hydrogen-bond donors (Lipinski definition) is 0. The lowest BCUT2D eigenvalue weighted by Gasteiger charge is -2.17. The third-order valence-corrected chi connectivity index (χ3v) is 3.66. The van der Waals surface area contributed by atoms with Gasteiger partial charge in [-0.2, -0.15) is 0 Å². The van der Waals surface area contributed by atoms with E-state index in [2.05, 4.69) is 54.4 Å². The van der Waals surface area contributed by atoms with Gasteiger partial charge in [-0.05, 0) is 29.7 Å². The Labute approximate surface area is 116 Å². The Morgan fingerprint density at radius 1 is 0.842 bits per heavy atom. The Hall–Kier alpha value is -1.63. The highest BCUT2D eigenvalue weighted by Crippen LogP contribution is 2.29. The predicted octanol–water partition coefficient (Wildman–Crippen LogP) is 5.18. The summed E-state index contributed by atoms with van der Waals surface area (Å²) in [6.45, 7) is 2.26. The van der Waals surface area contributed by atoms with Crippen LogP contribution in [0.3, 0.4) is 0 Å². The number of aromatic nitrogens is 1. The van der Waals surface area contributed by atoms with Gasteiger partial charge in [-0.15, -0.1) is 0 Å². The number of nitrogens with zero attached hydrogens (tertiary/aromatic N) is 1. The molecule has 1 aromatic heterocycles. The molecule has 0 amide bonds. The first-order chi connectivity index (χ1) is 9.42. The van der Waals surface area contributed by atoms with E-state index in [0.717, 1.165) is 0 Å². The van der Waals surface area contributed by atoms with Crippen molar-refractivity contribution >= 4 is 0 Å². The van der Waals surface area contributed by atoms with Crippen molar-refractivity contribution in [2.24, 2.45) is 0 Å². The lowest BCUT2D eigenvalue weighted by molar-refractivity contribution is 0.596. The molecule has 100 valence electrons. The van der Waals surface area contributed by atoms with Gasteiger partial charge in [0.25, 0.3) is 0 Å². The van der Waals surface area contributed by atoms with Crippen LogP contribution in [0.5, 0.6) is 0 Å². The molecule has 1 unspecified atom stereocenters. The Morgan fingerprint density at radius 2 is 1.53 bits per heavy atom. The molecule has 0 fully saturated rings. The van der Waals surface area contributed by atoms with Crippen molar-refractivity contribution in [1.82, 2.24) is 4.98 Å². The Morgan fingerprint density at radius 3 is 2.21 bits per heavy atom. The summed E-state index contributed by atoms with van der Waals surface area (Å²) >= 11 is 0. The van der Waals surface area contributed by atoms with E-state index in [1.165, 1.54) is 43.2 Å². The molecule has 0 aliphatic heterocycles. The normalized spacial score (nSPS) is 12.3.